The van der Waals surface area contributed by atoms with Gasteiger partial charge in [0.05, 0.1) is 13.5 Å². The van der Waals surface area contributed by atoms with Crippen molar-refractivity contribution in [2.45, 2.75) is 6.42 Å². The van der Waals surface area contributed by atoms with Gasteiger partial charge < -0.3 is 9.15 Å². The summed E-state index contributed by atoms with van der Waals surface area (Å²) in [7, 11) is 1.60. The Balaban J connectivity index is 1.73. The SMILES string of the molecule is COc1ccc(C(=O)Cc2ccc(-c3ccc(Cl)cc3)o2)cc1. The minimum atomic E-state index is 0.00431. The van der Waals surface area contributed by atoms with Crippen LogP contribution in [-0.4, -0.2) is 12.9 Å². The van der Waals surface area contributed by atoms with Crippen molar-refractivity contribution in [2.75, 3.05) is 7.11 Å². The first-order valence-corrected chi connectivity index (χ1v) is 7.55. The van der Waals surface area contributed by atoms with Gasteiger partial charge in [0.1, 0.15) is 17.3 Å². The maximum atomic E-state index is 12.3. The zero-order valence-corrected chi connectivity index (χ0v) is 13.3. The molecule has 2 aromatic carbocycles. The molecule has 0 saturated heterocycles. The molecular weight excluding hydrogens is 312 g/mol. The Hall–Kier alpha value is -2.52. The van der Waals surface area contributed by atoms with Crippen LogP contribution >= 0.6 is 11.6 Å². The second kappa shape index (κ2) is 6.71. The maximum absolute atomic E-state index is 12.3. The van der Waals surface area contributed by atoms with Gasteiger partial charge in [-0.25, -0.2) is 0 Å². The standard InChI is InChI=1S/C19H15ClO3/c1-22-16-8-4-13(5-9-16)18(21)12-17-10-11-19(23-17)14-2-6-15(20)7-3-14/h2-11H,12H2,1H3. The molecule has 0 fully saturated rings. The predicted molar refractivity (Wildman–Crippen MR) is 90.2 cm³/mol. The number of methoxy groups -OCH3 is 1. The van der Waals surface area contributed by atoms with Gasteiger partial charge in [0.25, 0.3) is 0 Å². The topological polar surface area (TPSA) is 39.4 Å². The molecule has 1 aromatic heterocycles. The summed E-state index contributed by atoms with van der Waals surface area (Å²) in [5, 5.41) is 0.676. The third kappa shape index (κ3) is 3.63. The summed E-state index contributed by atoms with van der Waals surface area (Å²) in [5.74, 6) is 2.09. The maximum Gasteiger partial charge on any atom is 0.170 e. The molecule has 3 aromatic rings. The van der Waals surface area contributed by atoms with Gasteiger partial charge in [0, 0.05) is 16.1 Å². The highest BCUT2D eigenvalue weighted by Crippen LogP contribution is 2.24. The first-order chi connectivity index (χ1) is 11.2. The minimum Gasteiger partial charge on any atom is -0.497 e. The number of carbonyl (C=O) groups excluding carboxylic acids is 1. The highest BCUT2D eigenvalue weighted by molar-refractivity contribution is 6.30. The third-order valence-electron chi connectivity index (χ3n) is 3.54. The van der Waals surface area contributed by atoms with E-state index in [4.69, 9.17) is 20.8 Å². The second-order valence-corrected chi connectivity index (χ2v) is 5.54. The van der Waals surface area contributed by atoms with E-state index in [1.807, 2.05) is 36.4 Å². The number of rotatable bonds is 5. The van der Waals surface area contributed by atoms with Gasteiger partial charge >= 0.3 is 0 Å². The summed E-state index contributed by atoms with van der Waals surface area (Å²) in [5.41, 5.74) is 1.56. The molecule has 1 heterocycles. The van der Waals surface area contributed by atoms with Crippen molar-refractivity contribution in [1.82, 2.24) is 0 Å². The van der Waals surface area contributed by atoms with E-state index in [0.717, 1.165) is 17.1 Å². The molecule has 116 valence electrons. The van der Waals surface area contributed by atoms with Gasteiger partial charge in [-0.2, -0.15) is 0 Å². The smallest absolute Gasteiger partial charge is 0.170 e. The second-order valence-electron chi connectivity index (χ2n) is 5.10. The van der Waals surface area contributed by atoms with E-state index in [1.165, 1.54) is 0 Å². The molecule has 23 heavy (non-hydrogen) atoms. The van der Waals surface area contributed by atoms with Gasteiger partial charge in [-0.3, -0.25) is 4.79 Å². The molecule has 4 heteroatoms. The first-order valence-electron chi connectivity index (χ1n) is 7.17. The van der Waals surface area contributed by atoms with Gasteiger partial charge in [-0.05, 0) is 60.7 Å². The van der Waals surface area contributed by atoms with E-state index < -0.39 is 0 Å². The Kier molecular flexibility index (Phi) is 4.49. The summed E-state index contributed by atoms with van der Waals surface area (Å²) < 4.78 is 10.8. The van der Waals surface area contributed by atoms with Crippen LogP contribution in [0.1, 0.15) is 16.1 Å². The van der Waals surface area contributed by atoms with Crippen molar-refractivity contribution in [3.8, 4) is 17.1 Å². The van der Waals surface area contributed by atoms with Crippen LogP contribution < -0.4 is 4.74 Å². The number of halogens is 1. The number of hydrogen-bond donors (Lipinski definition) is 0. The molecule has 3 nitrogen and oxygen atoms in total. The molecule has 0 saturated carbocycles. The van der Waals surface area contributed by atoms with Crippen LogP contribution in [0.2, 0.25) is 5.02 Å². The molecule has 0 aliphatic heterocycles. The van der Waals surface area contributed by atoms with Crippen LogP contribution in [-0.2, 0) is 6.42 Å². The number of carbonyl (C=O) groups is 1. The highest BCUT2D eigenvalue weighted by atomic mass is 35.5. The number of furan rings is 1. The lowest BCUT2D eigenvalue weighted by atomic mass is 10.1. The van der Waals surface area contributed by atoms with E-state index >= 15 is 0 Å². The summed E-state index contributed by atoms with van der Waals surface area (Å²) >= 11 is 5.88. The molecule has 0 amide bonds. The first kappa shape index (κ1) is 15.4. The van der Waals surface area contributed by atoms with Crippen molar-refractivity contribution >= 4 is 17.4 Å². The fourth-order valence-corrected chi connectivity index (χ4v) is 2.41. The highest BCUT2D eigenvalue weighted by Gasteiger charge is 2.11. The van der Waals surface area contributed by atoms with Gasteiger partial charge in [-0.1, -0.05) is 11.6 Å². The summed E-state index contributed by atoms with van der Waals surface area (Å²) in [6.45, 7) is 0. The normalized spacial score (nSPS) is 10.5. The van der Waals surface area contributed by atoms with Crippen LogP contribution in [0.25, 0.3) is 11.3 Å². The van der Waals surface area contributed by atoms with E-state index in [1.54, 1.807) is 31.4 Å². The molecule has 0 aliphatic rings. The summed E-state index contributed by atoms with van der Waals surface area (Å²) in [6.07, 6.45) is 0.222. The molecular formula is C19H15ClO3. The Bertz CT molecular complexity index is 801. The van der Waals surface area contributed by atoms with Crippen LogP contribution in [0.3, 0.4) is 0 Å². The Labute approximate surface area is 139 Å². The Morgan fingerprint density at radius 1 is 1.00 bits per heavy atom. The van der Waals surface area contributed by atoms with Gasteiger partial charge in [0.15, 0.2) is 5.78 Å². The minimum absolute atomic E-state index is 0.00431. The number of hydrogen-bond acceptors (Lipinski definition) is 3. The van der Waals surface area contributed by atoms with Crippen molar-refractivity contribution in [2.24, 2.45) is 0 Å². The van der Waals surface area contributed by atoms with E-state index in [2.05, 4.69) is 0 Å². The van der Waals surface area contributed by atoms with Gasteiger partial charge in [-0.15, -0.1) is 0 Å². The Morgan fingerprint density at radius 2 is 1.70 bits per heavy atom. The summed E-state index contributed by atoms with van der Waals surface area (Å²) in [6, 6.07) is 18.1. The van der Waals surface area contributed by atoms with Crippen LogP contribution in [0, 0.1) is 0 Å². The molecule has 0 aliphatic carbocycles. The van der Waals surface area contributed by atoms with E-state index in [9.17, 15) is 4.79 Å². The van der Waals surface area contributed by atoms with Crippen LogP contribution in [0.5, 0.6) is 5.75 Å². The average Bonchev–Trinajstić information content (AvgIpc) is 3.04. The van der Waals surface area contributed by atoms with Crippen molar-refractivity contribution in [1.29, 1.82) is 0 Å². The molecule has 3 rings (SSSR count). The monoisotopic (exact) mass is 326 g/mol. The van der Waals surface area contributed by atoms with Crippen molar-refractivity contribution in [3.63, 3.8) is 0 Å². The van der Waals surface area contributed by atoms with Crippen molar-refractivity contribution < 1.29 is 13.9 Å². The molecule has 0 unspecified atom stereocenters. The van der Waals surface area contributed by atoms with Crippen LogP contribution in [0.15, 0.2) is 65.1 Å². The number of Topliss-reactive ketones (excluding diaryl/α,β-unsaturated/α-hetero) is 1. The predicted octanol–water partition coefficient (Wildman–Crippen LogP) is 5.03. The zero-order valence-electron chi connectivity index (χ0n) is 12.6. The van der Waals surface area contributed by atoms with E-state index in [-0.39, 0.29) is 12.2 Å². The fourth-order valence-electron chi connectivity index (χ4n) is 2.28. The lowest BCUT2D eigenvalue weighted by Gasteiger charge is -2.02. The van der Waals surface area contributed by atoms with Crippen LogP contribution in [0.4, 0.5) is 0 Å². The molecule has 0 N–H and O–H groups in total. The lowest BCUT2D eigenvalue weighted by Crippen LogP contribution is -2.02. The van der Waals surface area contributed by atoms with E-state index in [0.29, 0.717) is 16.3 Å². The lowest BCUT2D eigenvalue weighted by molar-refractivity contribution is 0.0987. The summed E-state index contributed by atoms with van der Waals surface area (Å²) in [4.78, 5) is 12.3. The molecule has 0 radical (unpaired) electrons. The molecule has 0 atom stereocenters. The number of benzene rings is 2. The average molecular weight is 327 g/mol. The fraction of sp³-hybridized carbons (Fsp3) is 0.105. The third-order valence-corrected chi connectivity index (χ3v) is 3.79. The zero-order chi connectivity index (χ0) is 16.2. The number of ether oxygens (including phenoxy) is 1. The number of ketones is 1. The Morgan fingerprint density at radius 3 is 2.35 bits per heavy atom. The molecule has 0 spiro atoms. The quantitative estimate of drug-likeness (QED) is 0.617. The molecule has 0 bridgehead atoms. The van der Waals surface area contributed by atoms with Gasteiger partial charge in [0.2, 0.25) is 0 Å². The van der Waals surface area contributed by atoms with Crippen molar-refractivity contribution in [3.05, 3.63) is 77.0 Å². The largest absolute Gasteiger partial charge is 0.497 e.